The minimum absolute atomic E-state index is 0.0794. The van der Waals surface area contributed by atoms with E-state index in [9.17, 15) is 0 Å². The van der Waals surface area contributed by atoms with Crippen molar-refractivity contribution in [1.82, 2.24) is 0 Å². The summed E-state index contributed by atoms with van der Waals surface area (Å²) in [5, 5.41) is 0. The van der Waals surface area contributed by atoms with Crippen LogP contribution in [-0.4, -0.2) is 91.5 Å². The molecule has 0 bridgehead atoms. The van der Waals surface area contributed by atoms with Gasteiger partial charge in [0.15, 0.2) is 23.0 Å². The molecule has 10 heteroatoms. The molecule has 4 fully saturated rings. The predicted molar refractivity (Wildman–Crippen MR) is 134 cm³/mol. The number of ether oxygens (including phenoxy) is 10. The maximum absolute atomic E-state index is 6.29. The lowest BCUT2D eigenvalue weighted by Crippen LogP contribution is -2.10. The van der Waals surface area contributed by atoms with Crippen molar-refractivity contribution in [2.45, 2.75) is 37.6 Å². The molecule has 4 saturated heterocycles. The molecule has 38 heavy (non-hydrogen) atoms. The molecular weight excluding hydrogens is 496 g/mol. The van der Waals surface area contributed by atoms with Gasteiger partial charge in [-0.2, -0.15) is 0 Å². The Hall–Kier alpha value is -2.60. The summed E-state index contributed by atoms with van der Waals surface area (Å²) in [5.41, 5.74) is 3.50. The van der Waals surface area contributed by atoms with Gasteiger partial charge in [-0.05, 0) is 35.4 Å². The van der Waals surface area contributed by atoms with E-state index in [1.165, 1.54) is 0 Å². The number of rotatable bonds is 17. The molecule has 2 aromatic rings. The molecule has 0 aliphatic carbocycles. The van der Waals surface area contributed by atoms with E-state index in [2.05, 4.69) is 12.1 Å². The largest absolute Gasteiger partial charge is 0.493 e. The first-order valence-corrected chi connectivity index (χ1v) is 13.0. The smallest absolute Gasteiger partial charge is 0.169 e. The summed E-state index contributed by atoms with van der Waals surface area (Å²) in [6.07, 6.45) is 0.528. The molecule has 0 saturated carbocycles. The van der Waals surface area contributed by atoms with E-state index < -0.39 is 0 Å². The van der Waals surface area contributed by atoms with Gasteiger partial charge in [0.25, 0.3) is 0 Å². The lowest BCUT2D eigenvalue weighted by molar-refractivity contribution is 0.104. The molecule has 4 heterocycles. The summed E-state index contributed by atoms with van der Waals surface area (Å²) >= 11 is 0. The second kappa shape index (κ2) is 11.6. The zero-order valence-electron chi connectivity index (χ0n) is 21.8. The highest BCUT2D eigenvalue weighted by Crippen LogP contribution is 2.47. The lowest BCUT2D eigenvalue weighted by Gasteiger charge is -2.21. The first-order chi connectivity index (χ1) is 18.7. The van der Waals surface area contributed by atoms with Crippen LogP contribution in [0.5, 0.6) is 23.0 Å². The second-order valence-corrected chi connectivity index (χ2v) is 9.82. The summed E-state index contributed by atoms with van der Waals surface area (Å²) in [7, 11) is 3.27. The average Bonchev–Trinajstić information content (AvgIpc) is 3.77. The van der Waals surface area contributed by atoms with Crippen molar-refractivity contribution in [2.24, 2.45) is 0 Å². The monoisotopic (exact) mass is 530 g/mol. The van der Waals surface area contributed by atoms with Crippen molar-refractivity contribution in [2.75, 3.05) is 67.1 Å². The van der Waals surface area contributed by atoms with Crippen LogP contribution in [0.3, 0.4) is 0 Å². The number of benzene rings is 2. The molecule has 0 spiro atoms. The summed E-state index contributed by atoms with van der Waals surface area (Å²) in [5.74, 6) is 2.42. The van der Waals surface area contributed by atoms with Gasteiger partial charge in [-0.1, -0.05) is 0 Å². The fourth-order valence-corrected chi connectivity index (χ4v) is 4.11. The van der Waals surface area contributed by atoms with Gasteiger partial charge in [0.2, 0.25) is 0 Å². The molecule has 0 N–H and O–H groups in total. The molecule has 2 aromatic carbocycles. The maximum atomic E-state index is 6.29. The topological polar surface area (TPSA) is 106 Å². The van der Waals surface area contributed by atoms with Crippen LogP contribution >= 0.6 is 0 Å². The Bertz CT molecular complexity index is 1020. The quantitative estimate of drug-likeness (QED) is 0.284. The van der Waals surface area contributed by atoms with Gasteiger partial charge in [-0.3, -0.25) is 0 Å². The molecule has 206 valence electrons. The van der Waals surface area contributed by atoms with Crippen LogP contribution in [0.25, 0.3) is 11.1 Å². The van der Waals surface area contributed by atoms with E-state index in [1.54, 1.807) is 14.2 Å². The molecule has 10 nitrogen and oxygen atoms in total. The Kier molecular flexibility index (Phi) is 7.87. The van der Waals surface area contributed by atoms with Gasteiger partial charge in [-0.25, -0.2) is 0 Å². The summed E-state index contributed by atoms with van der Waals surface area (Å²) in [6.45, 7) is 5.63. The number of hydrogen-bond donors (Lipinski definition) is 0. The van der Waals surface area contributed by atoms with Crippen molar-refractivity contribution in [3.8, 4) is 34.1 Å². The van der Waals surface area contributed by atoms with Crippen molar-refractivity contribution < 1.29 is 47.4 Å². The highest BCUT2D eigenvalue weighted by Gasteiger charge is 2.29. The number of methoxy groups -OCH3 is 2. The number of hydrogen-bond acceptors (Lipinski definition) is 10. The summed E-state index contributed by atoms with van der Waals surface area (Å²) < 4.78 is 57.3. The minimum atomic E-state index is 0.0794. The Morgan fingerprint density at radius 2 is 0.947 bits per heavy atom. The van der Waals surface area contributed by atoms with Crippen molar-refractivity contribution in [3.63, 3.8) is 0 Å². The van der Waals surface area contributed by atoms with Gasteiger partial charge in [0.1, 0.15) is 37.6 Å². The Labute approximate surface area is 221 Å². The van der Waals surface area contributed by atoms with Gasteiger partial charge < -0.3 is 47.4 Å². The van der Waals surface area contributed by atoms with Crippen LogP contribution in [0, 0.1) is 0 Å². The molecule has 0 radical (unpaired) electrons. The standard InChI is InChI=1S/C28H34O10/c1-29-25-5-17(7-31-9-19-11-33-19)3-23(27(25)37-15-21-13-35-21)24-4-18(8-32-10-20-12-34-20)6-26(30-2)28(24)38-16-22-14-36-22/h3-6,19-22H,7-16H2,1-2H3. The Morgan fingerprint density at radius 1 is 0.579 bits per heavy atom. The Balaban J connectivity index is 1.37. The average molecular weight is 531 g/mol. The zero-order valence-corrected chi connectivity index (χ0v) is 21.8. The Morgan fingerprint density at radius 3 is 1.29 bits per heavy atom. The third-order valence-corrected chi connectivity index (χ3v) is 6.54. The highest BCUT2D eigenvalue weighted by atomic mass is 16.6. The van der Waals surface area contributed by atoms with Crippen LogP contribution in [0.2, 0.25) is 0 Å². The second-order valence-electron chi connectivity index (χ2n) is 9.82. The number of epoxide rings is 4. The minimum Gasteiger partial charge on any atom is -0.493 e. The van der Waals surface area contributed by atoms with Crippen molar-refractivity contribution in [3.05, 3.63) is 35.4 Å². The molecule has 4 aliphatic rings. The maximum Gasteiger partial charge on any atom is 0.169 e. The fraction of sp³-hybridized carbons (Fsp3) is 0.571. The molecule has 4 atom stereocenters. The van der Waals surface area contributed by atoms with E-state index in [0.29, 0.717) is 75.9 Å². The predicted octanol–water partition coefficient (Wildman–Crippen LogP) is 2.76. The normalized spacial score (nSPS) is 24.6. The van der Waals surface area contributed by atoms with Gasteiger partial charge in [-0.15, -0.1) is 0 Å². The van der Waals surface area contributed by atoms with E-state index in [1.807, 2.05) is 12.1 Å². The van der Waals surface area contributed by atoms with E-state index in [0.717, 1.165) is 35.5 Å². The molecule has 0 amide bonds. The fourth-order valence-electron chi connectivity index (χ4n) is 4.11. The third-order valence-electron chi connectivity index (χ3n) is 6.54. The summed E-state index contributed by atoms with van der Waals surface area (Å²) in [6, 6.07) is 7.99. The third kappa shape index (κ3) is 6.88. The van der Waals surface area contributed by atoms with Gasteiger partial charge >= 0.3 is 0 Å². The first kappa shape index (κ1) is 25.7. The van der Waals surface area contributed by atoms with Crippen LogP contribution in [0.1, 0.15) is 11.1 Å². The molecule has 0 aromatic heterocycles. The SMILES string of the molecule is COc1cc(COCC2CO2)cc(-c2cc(COCC3CO3)cc(OC)c2OCC2CO2)c1OCC1CO1. The summed E-state index contributed by atoms with van der Waals surface area (Å²) in [4.78, 5) is 0. The van der Waals surface area contributed by atoms with E-state index in [4.69, 9.17) is 47.4 Å². The van der Waals surface area contributed by atoms with Gasteiger partial charge in [0.05, 0.1) is 67.1 Å². The van der Waals surface area contributed by atoms with Crippen LogP contribution in [-0.2, 0) is 41.6 Å². The molecule has 4 unspecified atom stereocenters. The first-order valence-electron chi connectivity index (χ1n) is 13.0. The van der Waals surface area contributed by atoms with Crippen LogP contribution < -0.4 is 18.9 Å². The van der Waals surface area contributed by atoms with E-state index in [-0.39, 0.29) is 24.4 Å². The highest BCUT2D eigenvalue weighted by molar-refractivity contribution is 5.82. The molecule has 4 aliphatic heterocycles. The van der Waals surface area contributed by atoms with Gasteiger partial charge in [0, 0.05) is 11.1 Å². The van der Waals surface area contributed by atoms with Crippen molar-refractivity contribution in [1.29, 1.82) is 0 Å². The van der Waals surface area contributed by atoms with Crippen LogP contribution in [0.4, 0.5) is 0 Å². The molecular formula is C28H34O10. The zero-order chi connectivity index (χ0) is 25.9. The lowest BCUT2D eigenvalue weighted by atomic mass is 9.97. The van der Waals surface area contributed by atoms with E-state index >= 15 is 0 Å². The van der Waals surface area contributed by atoms with Crippen LogP contribution in [0.15, 0.2) is 24.3 Å². The molecule has 6 rings (SSSR count). The van der Waals surface area contributed by atoms with Crippen molar-refractivity contribution >= 4 is 0 Å².